The van der Waals surface area contributed by atoms with Crippen LogP contribution in [0.15, 0.2) is 42.6 Å². The number of carbonyl (C=O) groups is 1. The van der Waals surface area contributed by atoms with Gasteiger partial charge < -0.3 is 5.11 Å². The number of rotatable bonds is 6. The number of aliphatic carboxylic acids is 1. The van der Waals surface area contributed by atoms with E-state index in [1.807, 2.05) is 48.0 Å². The van der Waals surface area contributed by atoms with Crippen molar-refractivity contribution in [3.8, 4) is 0 Å². The molecule has 2 aromatic rings. The Morgan fingerprint density at radius 1 is 1.37 bits per heavy atom. The Hall–Kier alpha value is -2.14. The first-order valence-corrected chi connectivity index (χ1v) is 6.24. The van der Waals surface area contributed by atoms with Crippen LogP contribution < -0.4 is 5.32 Å². The van der Waals surface area contributed by atoms with Gasteiger partial charge in [0.25, 0.3) is 0 Å². The van der Waals surface area contributed by atoms with E-state index in [9.17, 15) is 9.90 Å². The van der Waals surface area contributed by atoms with Gasteiger partial charge in [-0.05, 0) is 18.6 Å². The molecular weight excluding hydrogens is 242 g/mol. The first-order chi connectivity index (χ1) is 9.22. The number of carboxylic acids is 1. The van der Waals surface area contributed by atoms with Crippen LogP contribution in [0.3, 0.4) is 0 Å². The van der Waals surface area contributed by atoms with Crippen LogP contribution in [0.1, 0.15) is 24.2 Å². The minimum Gasteiger partial charge on any atom is -0.480 e. The minimum atomic E-state index is -0.881. The molecule has 100 valence electrons. The second kappa shape index (κ2) is 6.15. The lowest BCUT2D eigenvalue weighted by Crippen LogP contribution is -2.29. The van der Waals surface area contributed by atoms with Gasteiger partial charge in [-0.15, -0.1) is 0 Å². The van der Waals surface area contributed by atoms with Crippen molar-refractivity contribution in [2.45, 2.75) is 26.1 Å². The van der Waals surface area contributed by atoms with Crippen LogP contribution in [-0.2, 0) is 17.9 Å². The summed E-state index contributed by atoms with van der Waals surface area (Å²) in [7, 11) is 0. The summed E-state index contributed by atoms with van der Waals surface area (Å²) in [6.07, 6.45) is 1.72. The van der Waals surface area contributed by atoms with Crippen molar-refractivity contribution in [1.29, 1.82) is 0 Å². The monoisotopic (exact) mass is 259 g/mol. The lowest BCUT2D eigenvalue weighted by Gasteiger charge is -2.15. The first kappa shape index (κ1) is 13.3. The third-order valence-corrected chi connectivity index (χ3v) is 2.97. The van der Waals surface area contributed by atoms with Crippen molar-refractivity contribution >= 4 is 5.97 Å². The van der Waals surface area contributed by atoms with E-state index in [2.05, 4.69) is 10.4 Å². The zero-order valence-electron chi connectivity index (χ0n) is 10.8. The molecule has 0 saturated heterocycles. The molecule has 5 heteroatoms. The number of aryl methyl sites for hydroxylation is 1. The highest BCUT2D eigenvalue weighted by atomic mass is 16.4. The maximum absolute atomic E-state index is 11.3. The zero-order valence-corrected chi connectivity index (χ0v) is 10.8. The molecular formula is C14H17N3O2. The number of nitrogens with zero attached hydrogens (tertiary/aromatic N) is 2. The van der Waals surface area contributed by atoms with Gasteiger partial charge >= 0.3 is 5.97 Å². The maximum Gasteiger partial charge on any atom is 0.325 e. The summed E-state index contributed by atoms with van der Waals surface area (Å²) >= 11 is 0. The standard InChI is InChI=1S/C14H17N3O2/c1-2-17-12(8-9-16-17)10-15-13(14(18)19)11-6-4-3-5-7-11/h3-9,13,15H,2,10H2,1H3,(H,18,19)/t13-/m1/s1. The predicted molar refractivity (Wildman–Crippen MR) is 71.6 cm³/mol. The molecule has 0 aliphatic carbocycles. The molecule has 1 heterocycles. The van der Waals surface area contributed by atoms with Crippen molar-refractivity contribution in [2.24, 2.45) is 0 Å². The second-order valence-electron chi connectivity index (χ2n) is 4.20. The lowest BCUT2D eigenvalue weighted by atomic mass is 10.1. The Morgan fingerprint density at radius 2 is 2.11 bits per heavy atom. The highest BCUT2D eigenvalue weighted by Gasteiger charge is 2.19. The Bertz CT molecular complexity index is 537. The van der Waals surface area contributed by atoms with Gasteiger partial charge in [0, 0.05) is 19.3 Å². The van der Waals surface area contributed by atoms with Crippen molar-refractivity contribution in [1.82, 2.24) is 15.1 Å². The Morgan fingerprint density at radius 3 is 2.74 bits per heavy atom. The third kappa shape index (κ3) is 3.20. The van der Waals surface area contributed by atoms with Gasteiger partial charge in [0.05, 0.1) is 5.69 Å². The Kier molecular flexibility index (Phi) is 4.30. The lowest BCUT2D eigenvalue weighted by molar-refractivity contribution is -0.139. The number of hydrogen-bond acceptors (Lipinski definition) is 3. The SMILES string of the molecule is CCn1nccc1CN[C@@H](C(=O)O)c1ccccc1. The van der Waals surface area contributed by atoms with Crippen LogP contribution in [0.2, 0.25) is 0 Å². The third-order valence-electron chi connectivity index (χ3n) is 2.97. The molecule has 0 spiro atoms. The molecule has 0 aliphatic heterocycles. The van der Waals surface area contributed by atoms with E-state index in [1.54, 1.807) is 6.20 Å². The molecule has 1 aromatic heterocycles. The second-order valence-corrected chi connectivity index (χ2v) is 4.20. The molecule has 5 nitrogen and oxygen atoms in total. The van der Waals surface area contributed by atoms with Crippen LogP contribution in [0.5, 0.6) is 0 Å². The summed E-state index contributed by atoms with van der Waals surface area (Å²) in [5.74, 6) is -0.881. The number of hydrogen-bond donors (Lipinski definition) is 2. The molecule has 19 heavy (non-hydrogen) atoms. The van der Waals surface area contributed by atoms with E-state index in [0.717, 1.165) is 17.8 Å². The fourth-order valence-electron chi connectivity index (χ4n) is 1.99. The van der Waals surface area contributed by atoms with Crippen molar-refractivity contribution < 1.29 is 9.90 Å². The summed E-state index contributed by atoms with van der Waals surface area (Å²) in [5.41, 5.74) is 1.72. The van der Waals surface area contributed by atoms with Gasteiger partial charge in [-0.1, -0.05) is 30.3 Å². The van der Waals surface area contributed by atoms with Crippen LogP contribution in [0, 0.1) is 0 Å². The quantitative estimate of drug-likeness (QED) is 0.830. The normalized spacial score (nSPS) is 12.3. The maximum atomic E-state index is 11.3. The molecule has 2 rings (SSSR count). The molecule has 0 amide bonds. The number of aromatic nitrogens is 2. The Labute approximate surface area is 111 Å². The van der Waals surface area contributed by atoms with E-state index < -0.39 is 12.0 Å². The van der Waals surface area contributed by atoms with Gasteiger partial charge in [0.1, 0.15) is 6.04 Å². The highest BCUT2D eigenvalue weighted by molar-refractivity contribution is 5.75. The molecule has 2 N–H and O–H groups in total. The average molecular weight is 259 g/mol. The summed E-state index contributed by atoms with van der Waals surface area (Å²) in [4.78, 5) is 11.3. The highest BCUT2D eigenvalue weighted by Crippen LogP contribution is 2.13. The van der Waals surface area contributed by atoms with Crippen LogP contribution in [0.4, 0.5) is 0 Å². The van der Waals surface area contributed by atoms with Crippen LogP contribution in [0.25, 0.3) is 0 Å². The topological polar surface area (TPSA) is 67.2 Å². The summed E-state index contributed by atoms with van der Waals surface area (Å²) in [5, 5.41) is 16.5. The molecule has 0 unspecified atom stereocenters. The number of benzene rings is 1. The smallest absolute Gasteiger partial charge is 0.325 e. The summed E-state index contributed by atoms with van der Waals surface area (Å²) in [6, 6.07) is 10.3. The van der Waals surface area contributed by atoms with Crippen molar-refractivity contribution in [3.63, 3.8) is 0 Å². The van der Waals surface area contributed by atoms with Gasteiger partial charge in [-0.2, -0.15) is 5.10 Å². The van der Waals surface area contributed by atoms with E-state index >= 15 is 0 Å². The summed E-state index contributed by atoms with van der Waals surface area (Å²) in [6.45, 7) is 3.25. The van der Waals surface area contributed by atoms with Gasteiger partial charge in [-0.25, -0.2) is 0 Å². The van der Waals surface area contributed by atoms with E-state index in [1.165, 1.54) is 0 Å². The van der Waals surface area contributed by atoms with Crippen LogP contribution in [-0.4, -0.2) is 20.9 Å². The van der Waals surface area contributed by atoms with Gasteiger partial charge in [0.15, 0.2) is 0 Å². The molecule has 0 bridgehead atoms. The average Bonchev–Trinajstić information content (AvgIpc) is 2.87. The molecule has 0 saturated carbocycles. The zero-order chi connectivity index (χ0) is 13.7. The van der Waals surface area contributed by atoms with Crippen LogP contribution >= 0.6 is 0 Å². The fraction of sp³-hybridized carbons (Fsp3) is 0.286. The Balaban J connectivity index is 2.09. The van der Waals surface area contributed by atoms with E-state index in [4.69, 9.17) is 0 Å². The van der Waals surface area contributed by atoms with E-state index in [-0.39, 0.29) is 0 Å². The van der Waals surface area contributed by atoms with Gasteiger partial charge in [-0.3, -0.25) is 14.8 Å². The van der Waals surface area contributed by atoms with Crippen molar-refractivity contribution in [2.75, 3.05) is 0 Å². The first-order valence-electron chi connectivity index (χ1n) is 6.24. The predicted octanol–water partition coefficient (Wildman–Crippen LogP) is 1.82. The molecule has 0 radical (unpaired) electrons. The van der Waals surface area contributed by atoms with E-state index in [0.29, 0.717) is 6.54 Å². The number of carboxylic acid groups (broad SMARTS) is 1. The summed E-state index contributed by atoms with van der Waals surface area (Å²) < 4.78 is 1.84. The molecule has 1 aromatic carbocycles. The largest absolute Gasteiger partial charge is 0.480 e. The van der Waals surface area contributed by atoms with Gasteiger partial charge in [0.2, 0.25) is 0 Å². The fourth-order valence-corrected chi connectivity index (χ4v) is 1.99. The molecule has 0 aliphatic rings. The molecule has 0 fully saturated rings. The van der Waals surface area contributed by atoms with Crippen molar-refractivity contribution in [3.05, 3.63) is 53.9 Å². The number of nitrogens with one attached hydrogen (secondary N) is 1. The molecule has 1 atom stereocenters. The minimum absolute atomic E-state index is 0.472.